The summed E-state index contributed by atoms with van der Waals surface area (Å²) in [5.41, 5.74) is 6.11. The third-order valence-electron chi connectivity index (χ3n) is 4.60. The van der Waals surface area contributed by atoms with Crippen molar-refractivity contribution in [3.63, 3.8) is 0 Å². The molecule has 0 saturated heterocycles. The molecule has 4 rings (SSSR count). The van der Waals surface area contributed by atoms with Crippen LogP contribution < -0.4 is 0 Å². The zero-order valence-electron chi connectivity index (χ0n) is 12.2. The molecule has 0 atom stereocenters. The van der Waals surface area contributed by atoms with Gasteiger partial charge in [0.1, 0.15) is 0 Å². The predicted octanol–water partition coefficient (Wildman–Crippen LogP) is 4.83. The average molecular weight is 438 g/mol. The van der Waals surface area contributed by atoms with Gasteiger partial charge in [-0.3, -0.25) is 0 Å². The molecule has 0 amide bonds. The van der Waals surface area contributed by atoms with E-state index in [4.69, 9.17) is 0 Å². The van der Waals surface area contributed by atoms with Gasteiger partial charge in [-0.15, -0.1) is 34.5 Å². The fourth-order valence-electron chi connectivity index (χ4n) is 3.48. The van der Waals surface area contributed by atoms with Gasteiger partial charge in [0.05, 0.1) is 0 Å². The number of benzene rings is 2. The minimum absolute atomic E-state index is 0. The molecule has 0 aliphatic heterocycles. The average Bonchev–Trinajstić information content (AvgIpc) is 3.10. The van der Waals surface area contributed by atoms with E-state index in [0.717, 1.165) is 12.8 Å². The van der Waals surface area contributed by atoms with Crippen molar-refractivity contribution < 1.29 is 25.8 Å². The zero-order valence-corrected chi connectivity index (χ0v) is 15.8. The van der Waals surface area contributed by atoms with E-state index < -0.39 is 0 Å². The molecule has 104 valence electrons. The van der Waals surface area contributed by atoms with Crippen molar-refractivity contribution >= 4 is 10.8 Å². The molecular formula is C20H19Hf-. The van der Waals surface area contributed by atoms with Crippen LogP contribution in [0.1, 0.15) is 28.7 Å². The Kier molecular flexibility index (Phi) is 4.49. The summed E-state index contributed by atoms with van der Waals surface area (Å²) in [6, 6.07) is 20.3. The van der Waals surface area contributed by atoms with Gasteiger partial charge in [-0.05, 0) is 31.2 Å². The maximum absolute atomic E-state index is 2.46. The quantitative estimate of drug-likeness (QED) is 0.407. The first-order valence-corrected chi connectivity index (χ1v) is 7.64. The number of fused-ring (bicyclic) bond motifs is 2. The van der Waals surface area contributed by atoms with E-state index in [1.165, 1.54) is 41.2 Å². The Morgan fingerprint density at radius 3 is 2.48 bits per heavy atom. The molecule has 0 bridgehead atoms. The first-order chi connectivity index (χ1) is 9.90. The minimum Gasteiger partial charge on any atom is -0.168 e. The maximum atomic E-state index is 2.46. The largest absolute Gasteiger partial charge is 0.168 e. The first-order valence-electron chi connectivity index (χ1n) is 7.64. The fourth-order valence-corrected chi connectivity index (χ4v) is 3.48. The predicted molar refractivity (Wildman–Crippen MR) is 85.4 cm³/mol. The number of rotatable bonds is 3. The van der Waals surface area contributed by atoms with E-state index in [9.17, 15) is 0 Å². The van der Waals surface area contributed by atoms with Crippen molar-refractivity contribution in [2.75, 3.05) is 0 Å². The van der Waals surface area contributed by atoms with Crippen LogP contribution in [0.15, 0.2) is 54.6 Å². The molecule has 0 N–H and O–H groups in total. The molecule has 3 aromatic rings. The number of hydrogen-bond acceptors (Lipinski definition) is 0. The van der Waals surface area contributed by atoms with Crippen molar-refractivity contribution in [3.05, 3.63) is 76.9 Å². The van der Waals surface area contributed by atoms with Gasteiger partial charge in [0.2, 0.25) is 0 Å². The molecule has 21 heavy (non-hydrogen) atoms. The standard InChI is InChI=1S/C20H19.Hf/c1-2-5-15(6-3-1)9-10-16-11-12-19-13-17-7-4-8-18(17)14-20(16)19;/h1-3,5-6,11-14H,4,7-10H2;/q-1;. The van der Waals surface area contributed by atoms with Crippen molar-refractivity contribution in [1.29, 1.82) is 0 Å². The normalized spacial score (nSPS) is 13.1. The van der Waals surface area contributed by atoms with E-state index in [1.807, 2.05) is 0 Å². The van der Waals surface area contributed by atoms with Gasteiger partial charge < -0.3 is 0 Å². The van der Waals surface area contributed by atoms with Crippen LogP contribution in [0.2, 0.25) is 0 Å². The van der Waals surface area contributed by atoms with E-state index in [2.05, 4.69) is 54.6 Å². The van der Waals surface area contributed by atoms with Crippen LogP contribution in [0, 0.1) is 0 Å². The smallest absolute Gasteiger partial charge is 0 e. The molecule has 1 aliphatic carbocycles. The summed E-state index contributed by atoms with van der Waals surface area (Å²) in [7, 11) is 0. The van der Waals surface area contributed by atoms with Gasteiger partial charge in [-0.2, -0.15) is 6.07 Å². The third kappa shape index (κ3) is 2.94. The number of aryl methyl sites for hydroxylation is 4. The minimum atomic E-state index is 0. The third-order valence-corrected chi connectivity index (χ3v) is 4.60. The van der Waals surface area contributed by atoms with E-state index >= 15 is 0 Å². The monoisotopic (exact) mass is 439 g/mol. The Morgan fingerprint density at radius 2 is 1.67 bits per heavy atom. The summed E-state index contributed by atoms with van der Waals surface area (Å²) in [5, 5.41) is 2.93. The van der Waals surface area contributed by atoms with Crippen LogP contribution in [0.4, 0.5) is 0 Å². The van der Waals surface area contributed by atoms with Crippen molar-refractivity contribution in [3.8, 4) is 0 Å². The zero-order chi connectivity index (χ0) is 13.4. The molecule has 0 fully saturated rings. The van der Waals surface area contributed by atoms with Crippen LogP contribution in [0.3, 0.4) is 0 Å². The van der Waals surface area contributed by atoms with Gasteiger partial charge in [0, 0.05) is 25.8 Å². The maximum Gasteiger partial charge on any atom is 0 e. The molecule has 0 unspecified atom stereocenters. The molecule has 0 aromatic heterocycles. The summed E-state index contributed by atoms with van der Waals surface area (Å²) in [5.74, 6) is 0. The molecule has 1 heteroatoms. The molecule has 0 spiro atoms. The second-order valence-corrected chi connectivity index (χ2v) is 5.91. The summed E-state index contributed by atoms with van der Waals surface area (Å²) < 4.78 is 0. The Labute approximate surface area is 145 Å². The fraction of sp³-hybridized carbons (Fsp3) is 0.250. The Balaban J connectivity index is 0.00000132. The molecule has 0 saturated carbocycles. The van der Waals surface area contributed by atoms with Gasteiger partial charge in [-0.1, -0.05) is 47.9 Å². The number of hydrogen-bond donors (Lipinski definition) is 0. The molecular weight excluding hydrogens is 419 g/mol. The van der Waals surface area contributed by atoms with Crippen LogP contribution in [0.5, 0.6) is 0 Å². The van der Waals surface area contributed by atoms with Gasteiger partial charge >= 0.3 is 0 Å². The summed E-state index contributed by atoms with van der Waals surface area (Å²) in [6.07, 6.45) is 6.16. The summed E-state index contributed by atoms with van der Waals surface area (Å²) >= 11 is 0. The molecule has 3 aromatic carbocycles. The van der Waals surface area contributed by atoms with Crippen molar-refractivity contribution in [2.45, 2.75) is 32.1 Å². The van der Waals surface area contributed by atoms with Crippen molar-refractivity contribution in [1.82, 2.24) is 0 Å². The van der Waals surface area contributed by atoms with Gasteiger partial charge in [0.25, 0.3) is 0 Å². The van der Waals surface area contributed by atoms with Gasteiger partial charge in [0.15, 0.2) is 0 Å². The molecule has 0 heterocycles. The van der Waals surface area contributed by atoms with Crippen LogP contribution in [0.25, 0.3) is 10.8 Å². The Bertz CT molecular complexity index is 737. The van der Waals surface area contributed by atoms with E-state index in [-0.39, 0.29) is 25.8 Å². The second kappa shape index (κ2) is 6.36. The summed E-state index contributed by atoms with van der Waals surface area (Å²) in [4.78, 5) is 0. The first kappa shape index (κ1) is 14.8. The van der Waals surface area contributed by atoms with Crippen LogP contribution in [-0.4, -0.2) is 0 Å². The molecule has 1 aliphatic rings. The summed E-state index contributed by atoms with van der Waals surface area (Å²) in [6.45, 7) is 0. The van der Waals surface area contributed by atoms with Crippen molar-refractivity contribution in [2.24, 2.45) is 0 Å². The second-order valence-electron chi connectivity index (χ2n) is 5.91. The Morgan fingerprint density at radius 1 is 0.905 bits per heavy atom. The van der Waals surface area contributed by atoms with Crippen LogP contribution >= 0.6 is 0 Å². The SMILES string of the molecule is [Hf].c1ccc(CC[c-]2ccc3cc4c(cc32)CCC4)cc1. The van der Waals surface area contributed by atoms with E-state index in [0.29, 0.717) is 0 Å². The van der Waals surface area contributed by atoms with Crippen LogP contribution in [-0.2, 0) is 51.5 Å². The molecule has 0 radical (unpaired) electrons. The Hall–Kier alpha value is -1.08. The van der Waals surface area contributed by atoms with E-state index in [1.54, 1.807) is 11.1 Å². The molecule has 0 nitrogen and oxygen atoms in total. The van der Waals surface area contributed by atoms with Gasteiger partial charge in [-0.25, -0.2) is 0 Å². The topological polar surface area (TPSA) is 0 Å².